The Morgan fingerprint density at radius 2 is 0.702 bits per heavy atom. The van der Waals surface area contributed by atoms with Gasteiger partial charge in [0, 0.05) is 0 Å². The summed E-state index contributed by atoms with van der Waals surface area (Å²) in [5.74, 6) is 0. The Kier molecular flexibility index (Phi) is 21.2. The van der Waals surface area contributed by atoms with Crippen molar-refractivity contribution in [3.63, 3.8) is 0 Å². The molecule has 318 valence electrons. The van der Waals surface area contributed by atoms with Crippen molar-refractivity contribution >= 4 is 54.3 Å². The van der Waals surface area contributed by atoms with Crippen LogP contribution in [0.3, 0.4) is 0 Å². The monoisotopic (exact) mass is 893 g/mol. The standard InChI is InChI=1S/C38H53N2O4.3C4H9.Sn/c1-3-5-7-9-11-13-15-17-19-21-27-39-35(41)29-23-24-30(36(39)42)34-32-26-25-31(33(29)34)37(43)40(38(32)44)28-22-20-18-16-14-12-10-8-6-4-2;3*1-3-4-2;/h23-25H,3-22,27-28H2,1-2H3;3*1,3-4H2,2H3;. The van der Waals surface area contributed by atoms with E-state index < -0.39 is 18.4 Å². The molecular formula is C50H80N2O4Sn. The third-order valence-electron chi connectivity index (χ3n) is 13.2. The third kappa shape index (κ3) is 12.4. The van der Waals surface area contributed by atoms with E-state index in [9.17, 15) is 14.4 Å². The molecular weight excluding hydrogens is 811 g/mol. The first-order valence-electron chi connectivity index (χ1n) is 24.2. The Labute approximate surface area is 349 Å². The zero-order valence-corrected chi connectivity index (χ0v) is 40.0. The van der Waals surface area contributed by atoms with Gasteiger partial charge in [-0.2, -0.15) is 0 Å². The van der Waals surface area contributed by atoms with E-state index in [0.717, 1.165) is 93.9 Å². The van der Waals surface area contributed by atoms with Gasteiger partial charge in [0.05, 0.1) is 0 Å². The SMILES string of the molecule is CCCCCCCCCCCCn1c(=O)c2ccc(c1=O)c1c3[c]([Sn]([CH2]CCC)([CH2]CCC)[CH2]CCC)cc(c(=O)n(CCCCCCCCCCCC)c3=O)c21. The first-order chi connectivity index (χ1) is 27.8. The number of hydrogen-bond donors (Lipinski definition) is 0. The summed E-state index contributed by atoms with van der Waals surface area (Å²) < 4.78 is 7.55. The van der Waals surface area contributed by atoms with E-state index in [-0.39, 0.29) is 22.2 Å². The molecule has 0 aliphatic carbocycles. The molecule has 0 unspecified atom stereocenters. The summed E-state index contributed by atoms with van der Waals surface area (Å²) in [6.07, 6.45) is 30.3. The van der Waals surface area contributed by atoms with Gasteiger partial charge < -0.3 is 0 Å². The molecule has 0 amide bonds. The van der Waals surface area contributed by atoms with Crippen LogP contribution in [0.15, 0.2) is 37.4 Å². The van der Waals surface area contributed by atoms with Crippen molar-refractivity contribution in [3.8, 4) is 0 Å². The predicted molar refractivity (Wildman–Crippen MR) is 251 cm³/mol. The van der Waals surface area contributed by atoms with Gasteiger partial charge in [-0.1, -0.05) is 65.2 Å². The summed E-state index contributed by atoms with van der Waals surface area (Å²) in [7, 11) is 0. The van der Waals surface area contributed by atoms with Gasteiger partial charge in [-0.15, -0.1) is 0 Å². The number of unbranched alkanes of at least 4 members (excludes halogenated alkanes) is 21. The van der Waals surface area contributed by atoms with E-state index in [1.165, 1.54) is 99.0 Å². The molecule has 0 N–H and O–H groups in total. The predicted octanol–water partition coefficient (Wildman–Crippen LogP) is 13.0. The number of aromatic nitrogens is 2. The molecule has 2 aromatic carbocycles. The van der Waals surface area contributed by atoms with Gasteiger partial charge >= 0.3 is 286 Å². The fraction of sp³-hybridized carbons (Fsp3) is 0.720. The quantitative estimate of drug-likeness (QED) is 0.0361. The maximum atomic E-state index is 15.2. The number of rotatable bonds is 32. The zero-order valence-electron chi connectivity index (χ0n) is 37.2. The van der Waals surface area contributed by atoms with Gasteiger partial charge in [0.15, 0.2) is 0 Å². The minimum absolute atomic E-state index is 0.219. The van der Waals surface area contributed by atoms with Crippen LogP contribution in [0.4, 0.5) is 0 Å². The summed E-state index contributed by atoms with van der Waals surface area (Å²) >= 11 is -3.36. The van der Waals surface area contributed by atoms with E-state index in [1.807, 2.05) is 0 Å². The van der Waals surface area contributed by atoms with Crippen LogP contribution in [0.1, 0.15) is 202 Å². The van der Waals surface area contributed by atoms with Crippen molar-refractivity contribution in [1.29, 1.82) is 0 Å². The summed E-state index contributed by atoms with van der Waals surface area (Å²) in [5.41, 5.74) is -1.11. The topological polar surface area (TPSA) is 78.1 Å². The van der Waals surface area contributed by atoms with Crippen molar-refractivity contribution in [2.24, 2.45) is 0 Å². The molecule has 7 heteroatoms. The Bertz CT molecular complexity index is 1980. The van der Waals surface area contributed by atoms with Crippen molar-refractivity contribution in [3.05, 3.63) is 59.6 Å². The van der Waals surface area contributed by atoms with Crippen molar-refractivity contribution in [2.45, 2.75) is 228 Å². The van der Waals surface area contributed by atoms with Gasteiger partial charge in [0.1, 0.15) is 0 Å². The minimum atomic E-state index is -3.36. The van der Waals surface area contributed by atoms with E-state index in [0.29, 0.717) is 45.4 Å². The molecule has 0 spiro atoms. The van der Waals surface area contributed by atoms with Crippen LogP contribution in [0.25, 0.3) is 32.3 Å². The van der Waals surface area contributed by atoms with Crippen LogP contribution in [-0.2, 0) is 13.1 Å². The fourth-order valence-electron chi connectivity index (χ4n) is 9.73. The third-order valence-corrected chi connectivity index (χ3v) is 28.8. The van der Waals surface area contributed by atoms with Crippen LogP contribution in [0, 0.1) is 0 Å². The second-order valence-corrected chi connectivity index (χ2v) is 30.9. The van der Waals surface area contributed by atoms with Crippen molar-refractivity contribution in [2.75, 3.05) is 0 Å². The molecule has 4 bridgehead atoms. The van der Waals surface area contributed by atoms with Crippen LogP contribution >= 0.6 is 0 Å². The molecule has 4 heterocycles. The van der Waals surface area contributed by atoms with Gasteiger partial charge in [-0.3, -0.25) is 0 Å². The molecule has 0 fully saturated rings. The van der Waals surface area contributed by atoms with Gasteiger partial charge in [0.25, 0.3) is 0 Å². The van der Waals surface area contributed by atoms with Gasteiger partial charge in [-0.05, 0) is 0 Å². The molecule has 4 aromatic heterocycles. The van der Waals surface area contributed by atoms with Crippen LogP contribution in [0.5, 0.6) is 0 Å². The molecule has 0 atom stereocenters. The van der Waals surface area contributed by atoms with Crippen LogP contribution in [-0.4, -0.2) is 27.5 Å². The van der Waals surface area contributed by atoms with Crippen LogP contribution < -0.4 is 25.8 Å². The second kappa shape index (κ2) is 25.4. The summed E-state index contributed by atoms with van der Waals surface area (Å²) in [4.78, 5) is 59.1. The Hall–Kier alpha value is -2.22. The van der Waals surface area contributed by atoms with E-state index in [4.69, 9.17) is 0 Å². The van der Waals surface area contributed by atoms with Crippen molar-refractivity contribution in [1.82, 2.24) is 9.13 Å². The van der Waals surface area contributed by atoms with E-state index >= 15 is 4.79 Å². The van der Waals surface area contributed by atoms with E-state index in [2.05, 4.69) is 40.7 Å². The molecule has 0 radical (unpaired) electrons. The Balaban J connectivity index is 1.80. The average molecular weight is 892 g/mol. The number of nitrogens with zero attached hydrogens (tertiary/aromatic N) is 2. The molecule has 0 saturated carbocycles. The first kappa shape index (κ1) is 47.5. The number of fused-ring (bicyclic) bond motifs is 6. The Morgan fingerprint density at radius 3 is 1.11 bits per heavy atom. The number of benzene rings is 2. The summed E-state index contributed by atoms with van der Waals surface area (Å²) in [6.45, 7) is 12.0. The fourth-order valence-corrected chi connectivity index (χ4v) is 26.5. The van der Waals surface area contributed by atoms with Crippen molar-refractivity contribution < 1.29 is 0 Å². The molecule has 0 aliphatic heterocycles. The molecule has 0 saturated heterocycles. The maximum absolute atomic E-state index is 15.2. The zero-order chi connectivity index (χ0) is 41.0. The van der Waals surface area contributed by atoms with Crippen LogP contribution in [0.2, 0.25) is 13.3 Å². The summed E-state index contributed by atoms with van der Waals surface area (Å²) in [5, 5.41) is 3.12. The first-order valence-corrected chi connectivity index (χ1v) is 31.7. The number of hydrogen-bond acceptors (Lipinski definition) is 4. The molecule has 0 aliphatic rings. The molecule has 6 aromatic rings. The Morgan fingerprint density at radius 1 is 0.368 bits per heavy atom. The van der Waals surface area contributed by atoms with E-state index in [1.54, 1.807) is 12.1 Å². The van der Waals surface area contributed by atoms with Gasteiger partial charge in [0.2, 0.25) is 0 Å². The van der Waals surface area contributed by atoms with Gasteiger partial charge in [-0.25, -0.2) is 0 Å². The summed E-state index contributed by atoms with van der Waals surface area (Å²) in [6, 6.07) is 5.68. The molecule has 57 heavy (non-hydrogen) atoms. The molecule has 6 rings (SSSR count). The average Bonchev–Trinajstić information content (AvgIpc) is 3.49. The molecule has 6 nitrogen and oxygen atoms in total. The second-order valence-electron chi connectivity index (χ2n) is 17.7. The normalized spacial score (nSPS) is 12.3.